The van der Waals surface area contributed by atoms with Gasteiger partial charge in [-0.15, -0.1) is 0 Å². The summed E-state index contributed by atoms with van der Waals surface area (Å²) in [6.45, 7) is 1.83. The number of hydrogen-bond acceptors (Lipinski definition) is 3. The number of phenolic OH excluding ortho intramolecular Hbond substituents is 1. The summed E-state index contributed by atoms with van der Waals surface area (Å²) in [7, 11) is 1.47. The zero-order valence-corrected chi connectivity index (χ0v) is 13.3. The Bertz CT molecular complexity index is 533. The number of aliphatic carboxylic acids is 1. The first-order valence-electron chi connectivity index (χ1n) is 6.74. The van der Waals surface area contributed by atoms with Gasteiger partial charge < -0.3 is 14.9 Å². The highest BCUT2D eigenvalue weighted by Crippen LogP contribution is 2.49. The van der Waals surface area contributed by atoms with Crippen LogP contribution in [0.25, 0.3) is 0 Å². The number of benzene rings is 1. The second-order valence-corrected chi connectivity index (χ2v) is 6.23. The number of ether oxygens (including phenoxy) is 1. The Hall–Kier alpha value is -1.23. The molecule has 2 rings (SSSR count). The van der Waals surface area contributed by atoms with Gasteiger partial charge in [0.05, 0.1) is 17.0 Å². The minimum absolute atomic E-state index is 0.0522. The zero-order chi connectivity index (χ0) is 14.9. The Morgan fingerprint density at radius 3 is 2.45 bits per heavy atom. The van der Waals surface area contributed by atoms with Crippen LogP contribution < -0.4 is 4.74 Å². The average molecular weight is 343 g/mol. The summed E-state index contributed by atoms with van der Waals surface area (Å²) >= 11 is 3.34. The highest BCUT2D eigenvalue weighted by atomic mass is 79.9. The van der Waals surface area contributed by atoms with Crippen LogP contribution in [0.5, 0.6) is 11.5 Å². The van der Waals surface area contributed by atoms with E-state index in [1.165, 1.54) is 7.11 Å². The molecule has 1 fully saturated rings. The molecule has 1 aliphatic rings. The predicted molar refractivity (Wildman–Crippen MR) is 79.5 cm³/mol. The van der Waals surface area contributed by atoms with E-state index in [1.54, 1.807) is 0 Å². The lowest BCUT2D eigenvalue weighted by Crippen LogP contribution is -2.38. The van der Waals surface area contributed by atoms with E-state index < -0.39 is 11.4 Å². The molecule has 5 heteroatoms. The molecule has 110 valence electrons. The van der Waals surface area contributed by atoms with Gasteiger partial charge >= 0.3 is 5.97 Å². The summed E-state index contributed by atoms with van der Waals surface area (Å²) in [6, 6.07) is 1.81. The number of carbonyl (C=O) groups is 1. The Morgan fingerprint density at radius 2 is 1.95 bits per heavy atom. The molecule has 4 nitrogen and oxygen atoms in total. The summed E-state index contributed by atoms with van der Waals surface area (Å²) in [6.07, 6.45) is 3.89. The smallest absolute Gasteiger partial charge is 0.314 e. The van der Waals surface area contributed by atoms with Gasteiger partial charge in [-0.2, -0.15) is 0 Å². The molecule has 0 unspecified atom stereocenters. The highest BCUT2D eigenvalue weighted by molar-refractivity contribution is 9.10. The van der Waals surface area contributed by atoms with E-state index in [-0.39, 0.29) is 5.75 Å². The number of hydrogen-bond donors (Lipinski definition) is 2. The Kier molecular flexibility index (Phi) is 4.28. The number of rotatable bonds is 3. The molecule has 2 N–H and O–H groups in total. The first kappa shape index (κ1) is 15.2. The van der Waals surface area contributed by atoms with Gasteiger partial charge in [0, 0.05) is 5.56 Å². The number of methoxy groups -OCH3 is 1. The van der Waals surface area contributed by atoms with E-state index in [1.807, 2.05) is 13.0 Å². The minimum atomic E-state index is -1.000. The van der Waals surface area contributed by atoms with Crippen molar-refractivity contribution in [3.63, 3.8) is 0 Å². The van der Waals surface area contributed by atoms with Crippen molar-refractivity contribution in [1.29, 1.82) is 0 Å². The van der Waals surface area contributed by atoms with Crippen LogP contribution in [0.2, 0.25) is 0 Å². The molecule has 0 aliphatic heterocycles. The topological polar surface area (TPSA) is 66.8 Å². The van der Waals surface area contributed by atoms with Crippen molar-refractivity contribution in [3.8, 4) is 11.5 Å². The lowest BCUT2D eigenvalue weighted by molar-refractivity contribution is -0.145. The van der Waals surface area contributed by atoms with E-state index >= 15 is 0 Å². The normalized spacial score (nSPS) is 17.8. The van der Waals surface area contributed by atoms with Crippen molar-refractivity contribution in [1.82, 2.24) is 0 Å². The van der Waals surface area contributed by atoms with Crippen molar-refractivity contribution in [2.45, 2.75) is 44.4 Å². The zero-order valence-electron chi connectivity index (χ0n) is 11.7. The van der Waals surface area contributed by atoms with Crippen LogP contribution in [-0.2, 0) is 10.2 Å². The molecule has 0 saturated heterocycles. The predicted octanol–water partition coefficient (Wildman–Crippen LogP) is 3.76. The third kappa shape index (κ3) is 2.28. The van der Waals surface area contributed by atoms with Crippen LogP contribution in [0.4, 0.5) is 0 Å². The van der Waals surface area contributed by atoms with Crippen LogP contribution in [0.3, 0.4) is 0 Å². The molecule has 0 heterocycles. The molecule has 1 saturated carbocycles. The standard InChI is InChI=1S/C15H19BrO4/c1-9-8-10(16)13(20-2)12(17)11(9)15(14(18)19)6-4-3-5-7-15/h8,17H,3-7H2,1-2H3,(H,18,19). The lowest BCUT2D eigenvalue weighted by Gasteiger charge is -2.35. The molecule has 1 aromatic carbocycles. The summed E-state index contributed by atoms with van der Waals surface area (Å²) in [4.78, 5) is 11.9. The Balaban J connectivity index is 2.68. The second-order valence-electron chi connectivity index (χ2n) is 5.38. The SMILES string of the molecule is COc1c(Br)cc(C)c(C2(C(=O)O)CCCCC2)c1O. The van der Waals surface area contributed by atoms with Gasteiger partial charge in [-0.3, -0.25) is 4.79 Å². The average Bonchev–Trinajstić information content (AvgIpc) is 2.39. The molecular weight excluding hydrogens is 324 g/mol. The largest absolute Gasteiger partial charge is 0.504 e. The number of carboxylic acids is 1. The van der Waals surface area contributed by atoms with E-state index in [9.17, 15) is 15.0 Å². The highest BCUT2D eigenvalue weighted by Gasteiger charge is 2.45. The molecule has 1 aliphatic carbocycles. The van der Waals surface area contributed by atoms with E-state index in [0.29, 0.717) is 28.6 Å². The first-order chi connectivity index (χ1) is 9.44. The molecule has 0 aromatic heterocycles. The van der Waals surface area contributed by atoms with Crippen LogP contribution >= 0.6 is 15.9 Å². The van der Waals surface area contributed by atoms with Crippen LogP contribution in [0, 0.1) is 6.92 Å². The van der Waals surface area contributed by atoms with Gasteiger partial charge in [0.2, 0.25) is 0 Å². The van der Waals surface area contributed by atoms with Crippen LogP contribution in [0.1, 0.15) is 43.2 Å². The molecule has 0 radical (unpaired) electrons. The number of aromatic hydroxyl groups is 1. The molecule has 0 amide bonds. The fourth-order valence-corrected chi connectivity index (χ4v) is 3.96. The molecule has 1 aromatic rings. The lowest BCUT2D eigenvalue weighted by atomic mass is 9.68. The quantitative estimate of drug-likeness (QED) is 0.877. The van der Waals surface area contributed by atoms with Gasteiger partial charge in [-0.25, -0.2) is 0 Å². The van der Waals surface area contributed by atoms with Crippen LogP contribution in [-0.4, -0.2) is 23.3 Å². The summed E-state index contributed by atoms with van der Waals surface area (Å²) in [5.74, 6) is -0.611. The van der Waals surface area contributed by atoms with Crippen molar-refractivity contribution in [2.24, 2.45) is 0 Å². The third-order valence-corrected chi connectivity index (χ3v) is 4.79. The fourth-order valence-electron chi connectivity index (χ4n) is 3.27. The fraction of sp³-hybridized carbons (Fsp3) is 0.533. The van der Waals surface area contributed by atoms with Crippen molar-refractivity contribution in [2.75, 3.05) is 7.11 Å². The Morgan fingerprint density at radius 1 is 1.35 bits per heavy atom. The summed E-state index contributed by atoms with van der Waals surface area (Å²) in [5.41, 5.74) is 0.282. The molecular formula is C15H19BrO4. The summed E-state index contributed by atoms with van der Waals surface area (Å²) in [5, 5.41) is 20.3. The first-order valence-corrected chi connectivity index (χ1v) is 7.53. The van der Waals surface area contributed by atoms with Crippen molar-refractivity contribution >= 4 is 21.9 Å². The third-order valence-electron chi connectivity index (χ3n) is 4.21. The van der Waals surface area contributed by atoms with Gasteiger partial charge in [-0.1, -0.05) is 19.3 Å². The van der Waals surface area contributed by atoms with Gasteiger partial charge in [-0.05, 0) is 47.3 Å². The van der Waals surface area contributed by atoms with E-state index in [2.05, 4.69) is 15.9 Å². The minimum Gasteiger partial charge on any atom is -0.504 e. The molecule has 20 heavy (non-hydrogen) atoms. The van der Waals surface area contributed by atoms with Gasteiger partial charge in [0.25, 0.3) is 0 Å². The summed E-state index contributed by atoms with van der Waals surface area (Å²) < 4.78 is 5.83. The van der Waals surface area contributed by atoms with Crippen molar-refractivity contribution < 1.29 is 19.7 Å². The monoisotopic (exact) mass is 342 g/mol. The van der Waals surface area contributed by atoms with Gasteiger partial charge in [0.15, 0.2) is 11.5 Å². The van der Waals surface area contributed by atoms with E-state index in [4.69, 9.17) is 4.74 Å². The maximum Gasteiger partial charge on any atom is 0.314 e. The molecule has 0 spiro atoms. The Labute approximate surface area is 126 Å². The van der Waals surface area contributed by atoms with Crippen LogP contribution in [0.15, 0.2) is 10.5 Å². The van der Waals surface area contributed by atoms with E-state index in [0.717, 1.165) is 24.8 Å². The number of aryl methyl sites for hydroxylation is 1. The second kappa shape index (κ2) is 5.64. The van der Waals surface area contributed by atoms with Gasteiger partial charge in [0.1, 0.15) is 0 Å². The maximum atomic E-state index is 11.9. The maximum absolute atomic E-state index is 11.9. The molecule has 0 bridgehead atoms. The molecule has 0 atom stereocenters. The van der Waals surface area contributed by atoms with Crippen molar-refractivity contribution in [3.05, 3.63) is 21.7 Å². The number of halogens is 1. The number of carboxylic acid groups (broad SMARTS) is 1. The number of phenols is 1.